The van der Waals surface area contributed by atoms with Crippen molar-refractivity contribution in [3.05, 3.63) is 24.3 Å². The van der Waals surface area contributed by atoms with Crippen molar-refractivity contribution in [3.63, 3.8) is 0 Å². The van der Waals surface area contributed by atoms with Crippen LogP contribution in [0.5, 0.6) is 5.75 Å². The third-order valence-corrected chi connectivity index (χ3v) is 3.63. The van der Waals surface area contributed by atoms with Crippen LogP contribution in [0, 0.1) is 22.7 Å². The third kappa shape index (κ3) is 2.93. The molecule has 1 aliphatic rings. The normalized spacial score (nSPS) is 24.4. The highest BCUT2D eigenvalue weighted by Crippen LogP contribution is 2.45. The maximum atomic E-state index is 12.2. The molecular weight excluding hydrogens is 252 g/mol. The zero-order chi connectivity index (χ0) is 14.6. The Morgan fingerprint density at radius 2 is 2.10 bits per heavy atom. The fourth-order valence-corrected chi connectivity index (χ4v) is 2.56. The van der Waals surface area contributed by atoms with E-state index >= 15 is 0 Å². The third-order valence-electron chi connectivity index (χ3n) is 3.63. The summed E-state index contributed by atoms with van der Waals surface area (Å²) < 4.78 is 5.48. The second-order valence-corrected chi connectivity index (χ2v) is 5.53. The van der Waals surface area contributed by atoms with Crippen molar-refractivity contribution < 1.29 is 9.53 Å². The molecule has 1 aromatic rings. The highest BCUT2D eigenvalue weighted by atomic mass is 16.5. The van der Waals surface area contributed by atoms with Gasteiger partial charge in [0, 0.05) is 5.69 Å². The van der Waals surface area contributed by atoms with Gasteiger partial charge in [0.05, 0.1) is 12.7 Å². The molecule has 1 amide bonds. The number of carbonyl (C=O) groups excluding carboxylic acids is 1. The van der Waals surface area contributed by atoms with Crippen LogP contribution in [0.4, 0.5) is 5.69 Å². The maximum Gasteiger partial charge on any atom is 0.244 e. The Morgan fingerprint density at radius 1 is 1.45 bits per heavy atom. The molecule has 1 aliphatic carbocycles. The Kier molecular flexibility index (Phi) is 4.29. The van der Waals surface area contributed by atoms with Gasteiger partial charge in [0.2, 0.25) is 5.91 Å². The highest BCUT2D eigenvalue weighted by molar-refractivity contribution is 5.98. The number of hydrogen-bond donors (Lipinski definition) is 1. The molecule has 1 saturated carbocycles. The van der Waals surface area contributed by atoms with Crippen LogP contribution < -0.4 is 10.1 Å². The molecule has 0 spiro atoms. The Bertz CT molecular complexity index is 510. The smallest absolute Gasteiger partial charge is 0.244 e. The van der Waals surface area contributed by atoms with Crippen molar-refractivity contribution >= 4 is 11.6 Å². The number of amides is 1. The Morgan fingerprint density at radius 3 is 2.60 bits per heavy atom. The van der Waals surface area contributed by atoms with Crippen molar-refractivity contribution in [1.29, 1.82) is 5.26 Å². The van der Waals surface area contributed by atoms with Crippen LogP contribution in [0.3, 0.4) is 0 Å². The molecule has 20 heavy (non-hydrogen) atoms. The van der Waals surface area contributed by atoms with E-state index in [1.165, 1.54) is 0 Å². The number of nitrogens with zero attached hydrogens (tertiary/aromatic N) is 1. The van der Waals surface area contributed by atoms with Gasteiger partial charge in [0.1, 0.15) is 11.2 Å². The second kappa shape index (κ2) is 5.96. The lowest BCUT2D eigenvalue weighted by Crippen LogP contribution is -2.45. The van der Waals surface area contributed by atoms with Crippen LogP contribution in [0.15, 0.2) is 24.3 Å². The molecular formula is C16H20N2O2. The number of hydrogen-bond acceptors (Lipinski definition) is 3. The first-order chi connectivity index (χ1) is 9.59. The van der Waals surface area contributed by atoms with E-state index in [2.05, 4.69) is 25.2 Å². The summed E-state index contributed by atoms with van der Waals surface area (Å²) in [6, 6.07) is 9.43. The van der Waals surface area contributed by atoms with Gasteiger partial charge < -0.3 is 10.1 Å². The molecule has 4 heteroatoms. The molecule has 0 radical (unpaired) electrons. The molecule has 0 aliphatic heterocycles. The molecule has 0 heterocycles. The minimum atomic E-state index is -0.837. The number of ether oxygens (including phenoxy) is 1. The molecule has 4 nitrogen and oxygen atoms in total. The fraction of sp³-hybridized carbons (Fsp3) is 0.500. The number of nitriles is 1. The van der Waals surface area contributed by atoms with E-state index in [1.807, 2.05) is 12.1 Å². The molecule has 0 aromatic heterocycles. The molecule has 1 N–H and O–H groups in total. The minimum Gasteiger partial charge on any atom is -0.494 e. The van der Waals surface area contributed by atoms with E-state index < -0.39 is 5.41 Å². The topological polar surface area (TPSA) is 62.1 Å². The quantitative estimate of drug-likeness (QED) is 0.894. The first-order valence-electron chi connectivity index (χ1n) is 7.05. The number of benzene rings is 1. The van der Waals surface area contributed by atoms with Crippen LogP contribution in [0.1, 0.15) is 33.1 Å². The van der Waals surface area contributed by atoms with E-state index in [4.69, 9.17) is 4.74 Å². The molecule has 2 rings (SSSR count). The number of rotatable bonds is 5. The summed E-state index contributed by atoms with van der Waals surface area (Å²) in [5.41, 5.74) is -0.135. The van der Waals surface area contributed by atoms with E-state index in [1.54, 1.807) is 12.1 Å². The fourth-order valence-electron chi connectivity index (χ4n) is 2.56. The van der Waals surface area contributed by atoms with Gasteiger partial charge >= 0.3 is 0 Å². The lowest BCUT2D eigenvalue weighted by atomic mass is 9.63. The molecule has 0 unspecified atom stereocenters. The predicted molar refractivity (Wildman–Crippen MR) is 77.3 cm³/mol. The lowest BCUT2D eigenvalue weighted by molar-refractivity contribution is -0.128. The number of nitrogens with one attached hydrogen (secondary N) is 1. The molecule has 0 saturated heterocycles. The van der Waals surface area contributed by atoms with Gasteiger partial charge in [-0.2, -0.15) is 5.26 Å². The Balaban J connectivity index is 1.96. The molecule has 0 bridgehead atoms. The summed E-state index contributed by atoms with van der Waals surface area (Å²) in [5.74, 6) is 1.04. The van der Waals surface area contributed by atoms with Crippen LogP contribution in [-0.2, 0) is 4.79 Å². The molecule has 1 fully saturated rings. The largest absolute Gasteiger partial charge is 0.494 e. The average molecular weight is 272 g/mol. The number of carbonyl (C=O) groups is 1. The lowest BCUT2D eigenvalue weighted by Gasteiger charge is -2.39. The van der Waals surface area contributed by atoms with Gasteiger partial charge in [-0.3, -0.25) is 4.79 Å². The maximum absolute atomic E-state index is 12.2. The Labute approximate surface area is 119 Å². The van der Waals surface area contributed by atoms with Gasteiger partial charge in [-0.05, 0) is 49.4 Å². The van der Waals surface area contributed by atoms with Gasteiger partial charge in [-0.1, -0.05) is 13.8 Å². The van der Waals surface area contributed by atoms with Crippen molar-refractivity contribution in [2.45, 2.75) is 33.1 Å². The zero-order valence-corrected chi connectivity index (χ0v) is 12.0. The highest BCUT2D eigenvalue weighted by Gasteiger charge is 2.48. The van der Waals surface area contributed by atoms with Crippen molar-refractivity contribution in [2.24, 2.45) is 11.3 Å². The minimum absolute atomic E-state index is 0.194. The van der Waals surface area contributed by atoms with Crippen LogP contribution in [-0.4, -0.2) is 12.5 Å². The zero-order valence-electron chi connectivity index (χ0n) is 12.0. The van der Waals surface area contributed by atoms with Crippen molar-refractivity contribution in [1.82, 2.24) is 0 Å². The Hall–Kier alpha value is -2.02. The van der Waals surface area contributed by atoms with E-state index in [9.17, 15) is 10.1 Å². The van der Waals surface area contributed by atoms with E-state index in [0.717, 1.165) is 12.2 Å². The summed E-state index contributed by atoms with van der Waals surface area (Å²) in [5, 5.41) is 12.0. The summed E-state index contributed by atoms with van der Waals surface area (Å²) in [7, 11) is 0. The van der Waals surface area contributed by atoms with Crippen LogP contribution in [0.2, 0.25) is 0 Å². The number of anilines is 1. The van der Waals surface area contributed by atoms with Gasteiger partial charge in [0.25, 0.3) is 0 Å². The monoisotopic (exact) mass is 272 g/mol. The first kappa shape index (κ1) is 14.4. The summed E-state index contributed by atoms with van der Waals surface area (Å²) in [6.45, 7) is 4.79. The van der Waals surface area contributed by atoms with E-state index in [-0.39, 0.29) is 5.91 Å². The summed E-state index contributed by atoms with van der Waals surface area (Å²) >= 11 is 0. The van der Waals surface area contributed by atoms with Crippen molar-refractivity contribution in [2.75, 3.05) is 11.9 Å². The SMILES string of the molecule is CCCOc1ccc(NC(=O)C2(C#N)CC(C)C2)cc1. The van der Waals surface area contributed by atoms with Crippen LogP contribution >= 0.6 is 0 Å². The van der Waals surface area contributed by atoms with Gasteiger partial charge in [-0.15, -0.1) is 0 Å². The first-order valence-corrected chi connectivity index (χ1v) is 7.05. The average Bonchev–Trinajstić information content (AvgIpc) is 2.42. The predicted octanol–water partition coefficient (Wildman–Crippen LogP) is 3.35. The van der Waals surface area contributed by atoms with Crippen molar-refractivity contribution in [3.8, 4) is 11.8 Å². The van der Waals surface area contributed by atoms with Gasteiger partial charge in [-0.25, -0.2) is 0 Å². The molecule has 106 valence electrons. The van der Waals surface area contributed by atoms with Crippen LogP contribution in [0.25, 0.3) is 0 Å². The molecule has 0 atom stereocenters. The second-order valence-electron chi connectivity index (χ2n) is 5.53. The summed E-state index contributed by atoms with van der Waals surface area (Å²) in [6.07, 6.45) is 2.25. The summed E-state index contributed by atoms with van der Waals surface area (Å²) in [4.78, 5) is 12.2. The molecule has 1 aromatic carbocycles. The standard InChI is InChI=1S/C16H20N2O2/c1-3-8-20-14-6-4-13(5-7-14)18-15(19)16(11-17)9-12(2)10-16/h4-7,12H,3,8-10H2,1-2H3,(H,18,19). The van der Waals surface area contributed by atoms with Gasteiger partial charge in [0.15, 0.2) is 0 Å². The van der Waals surface area contributed by atoms with E-state index in [0.29, 0.717) is 31.1 Å².